The van der Waals surface area contributed by atoms with Crippen LogP contribution in [0.1, 0.15) is 51.9 Å². The molecule has 1 unspecified atom stereocenters. The molecule has 0 aliphatic heterocycles. The maximum Gasteiger partial charge on any atom is 0.105 e. The zero-order chi connectivity index (χ0) is 9.94. The van der Waals surface area contributed by atoms with E-state index in [4.69, 9.17) is 10.5 Å². The normalized spacial score (nSPS) is 13.2. The number of unbranched alkanes of at least 4 members (excludes halogenated alkanes) is 6. The molecule has 0 aromatic heterocycles. The van der Waals surface area contributed by atoms with E-state index >= 15 is 0 Å². The molecule has 0 amide bonds. The molecule has 0 rings (SSSR count). The Balaban J connectivity index is 2.84. The zero-order valence-electron chi connectivity index (χ0n) is 8.93. The van der Waals surface area contributed by atoms with Crippen molar-refractivity contribution in [3.63, 3.8) is 0 Å². The molecule has 2 N–H and O–H groups in total. The predicted octanol–water partition coefficient (Wildman–Crippen LogP) is 2.87. The molecule has 1 radical (unpaired) electrons. The maximum absolute atomic E-state index is 5.34. The van der Waals surface area contributed by atoms with Crippen LogP contribution in [0.25, 0.3) is 0 Å². The first-order valence-electron chi connectivity index (χ1n) is 5.47. The molecule has 1 atom stereocenters. The van der Waals surface area contributed by atoms with Crippen molar-refractivity contribution in [2.45, 2.75) is 58.1 Å². The van der Waals surface area contributed by atoms with Crippen molar-refractivity contribution in [1.29, 1.82) is 0 Å². The van der Waals surface area contributed by atoms with Gasteiger partial charge in [0.15, 0.2) is 0 Å². The second kappa shape index (κ2) is 10.0. The third kappa shape index (κ3) is 11.9. The molecule has 2 nitrogen and oxygen atoms in total. The van der Waals surface area contributed by atoms with Gasteiger partial charge >= 0.3 is 0 Å². The van der Waals surface area contributed by atoms with Crippen LogP contribution in [0.3, 0.4) is 0 Å². The Morgan fingerprint density at radius 3 is 2.15 bits per heavy atom. The number of hydrogen-bond donors (Lipinski definition) is 1. The molecule has 2 heteroatoms. The fourth-order valence-electron chi connectivity index (χ4n) is 1.29. The van der Waals surface area contributed by atoms with Crippen molar-refractivity contribution in [2.75, 3.05) is 6.61 Å². The second-order valence-electron chi connectivity index (χ2n) is 3.53. The molecule has 0 saturated heterocycles. The van der Waals surface area contributed by atoms with E-state index in [0.29, 0.717) is 0 Å². The summed E-state index contributed by atoms with van der Waals surface area (Å²) in [6.45, 7) is 6.55. The number of rotatable bonds is 9. The topological polar surface area (TPSA) is 35.2 Å². The van der Waals surface area contributed by atoms with Crippen LogP contribution in [0.5, 0.6) is 0 Å². The van der Waals surface area contributed by atoms with Gasteiger partial charge in [0, 0.05) is 6.61 Å². The monoisotopic (exact) mass is 186 g/mol. The van der Waals surface area contributed by atoms with Gasteiger partial charge in [-0.1, -0.05) is 45.4 Å². The number of ether oxygens (including phenoxy) is 1. The molecule has 0 saturated carbocycles. The van der Waals surface area contributed by atoms with Crippen LogP contribution in [-0.2, 0) is 4.74 Å². The van der Waals surface area contributed by atoms with Crippen molar-refractivity contribution >= 4 is 0 Å². The highest BCUT2D eigenvalue weighted by Crippen LogP contribution is 2.06. The second-order valence-corrected chi connectivity index (χ2v) is 3.53. The minimum atomic E-state index is -0.347. The maximum atomic E-state index is 5.34. The Bertz CT molecular complexity index is 94.1. The van der Waals surface area contributed by atoms with E-state index in [1.807, 2.05) is 0 Å². The SMILES string of the molecule is [CH2]C(N)OCCCCCCCCC. The van der Waals surface area contributed by atoms with E-state index in [1.54, 1.807) is 0 Å². The summed E-state index contributed by atoms with van der Waals surface area (Å²) >= 11 is 0. The van der Waals surface area contributed by atoms with Crippen LogP contribution < -0.4 is 5.73 Å². The van der Waals surface area contributed by atoms with Crippen molar-refractivity contribution in [1.82, 2.24) is 0 Å². The lowest BCUT2D eigenvalue weighted by Gasteiger charge is -2.06. The van der Waals surface area contributed by atoms with E-state index < -0.39 is 0 Å². The highest BCUT2D eigenvalue weighted by atomic mass is 16.5. The largest absolute Gasteiger partial charge is 0.364 e. The minimum Gasteiger partial charge on any atom is -0.364 e. The van der Waals surface area contributed by atoms with Gasteiger partial charge in [0.1, 0.15) is 6.23 Å². The molecule has 13 heavy (non-hydrogen) atoms. The molecule has 0 aliphatic rings. The van der Waals surface area contributed by atoms with Crippen LogP contribution in [0.15, 0.2) is 0 Å². The Labute approximate surface area is 82.8 Å². The zero-order valence-corrected chi connectivity index (χ0v) is 8.93. The molecule has 0 spiro atoms. The number of nitrogens with two attached hydrogens (primary N) is 1. The van der Waals surface area contributed by atoms with E-state index in [2.05, 4.69) is 13.8 Å². The van der Waals surface area contributed by atoms with Gasteiger partial charge in [-0.25, -0.2) is 0 Å². The first-order chi connectivity index (χ1) is 6.27. The van der Waals surface area contributed by atoms with Crippen molar-refractivity contribution < 1.29 is 4.74 Å². The van der Waals surface area contributed by atoms with Crippen LogP contribution in [-0.4, -0.2) is 12.8 Å². The van der Waals surface area contributed by atoms with Gasteiger partial charge in [0.2, 0.25) is 0 Å². The predicted molar refractivity (Wildman–Crippen MR) is 57.3 cm³/mol. The van der Waals surface area contributed by atoms with E-state index in [-0.39, 0.29) is 6.23 Å². The first kappa shape index (κ1) is 12.9. The van der Waals surface area contributed by atoms with Crippen molar-refractivity contribution in [3.8, 4) is 0 Å². The summed E-state index contributed by atoms with van der Waals surface area (Å²) in [7, 11) is 0. The molecule has 0 aliphatic carbocycles. The average Bonchev–Trinajstić information content (AvgIpc) is 2.09. The van der Waals surface area contributed by atoms with Gasteiger partial charge in [0.25, 0.3) is 0 Å². The van der Waals surface area contributed by atoms with Gasteiger partial charge in [-0.3, -0.25) is 0 Å². The molecule has 0 aromatic carbocycles. The summed E-state index contributed by atoms with van der Waals surface area (Å²) in [6.07, 6.45) is 8.80. The fourth-order valence-corrected chi connectivity index (χ4v) is 1.29. The van der Waals surface area contributed by atoms with Gasteiger partial charge in [-0.05, 0) is 13.3 Å². The lowest BCUT2D eigenvalue weighted by Crippen LogP contribution is -2.19. The van der Waals surface area contributed by atoms with Gasteiger partial charge in [-0.15, -0.1) is 0 Å². The quantitative estimate of drug-likeness (QED) is 0.444. The van der Waals surface area contributed by atoms with E-state index in [0.717, 1.165) is 13.0 Å². The molecule has 79 valence electrons. The standard InChI is InChI=1S/C11H24NO/c1-3-4-5-6-7-8-9-10-13-11(2)12/h11H,2-10,12H2,1H3. The third-order valence-electron chi connectivity index (χ3n) is 2.08. The summed E-state index contributed by atoms with van der Waals surface area (Å²) in [5.41, 5.74) is 5.34. The van der Waals surface area contributed by atoms with Gasteiger partial charge < -0.3 is 10.5 Å². The molecular weight excluding hydrogens is 162 g/mol. The van der Waals surface area contributed by atoms with Crippen LogP contribution in [0, 0.1) is 6.92 Å². The summed E-state index contributed by atoms with van der Waals surface area (Å²) in [4.78, 5) is 0. The highest BCUT2D eigenvalue weighted by Gasteiger charge is 1.93. The molecule has 0 bridgehead atoms. The fraction of sp³-hybridized carbons (Fsp3) is 0.909. The van der Waals surface area contributed by atoms with Crippen LogP contribution in [0.2, 0.25) is 0 Å². The highest BCUT2D eigenvalue weighted by molar-refractivity contribution is 4.48. The molecular formula is C11H24NO. The van der Waals surface area contributed by atoms with Gasteiger partial charge in [-0.2, -0.15) is 0 Å². The average molecular weight is 186 g/mol. The smallest absolute Gasteiger partial charge is 0.105 e. The number of hydrogen-bond acceptors (Lipinski definition) is 2. The van der Waals surface area contributed by atoms with Gasteiger partial charge in [0.05, 0.1) is 0 Å². The molecule has 0 heterocycles. The lowest BCUT2D eigenvalue weighted by molar-refractivity contribution is 0.0844. The van der Waals surface area contributed by atoms with Crippen molar-refractivity contribution in [3.05, 3.63) is 6.92 Å². The summed E-state index contributed by atoms with van der Waals surface area (Å²) in [5, 5.41) is 0. The molecule has 0 fully saturated rings. The Morgan fingerprint density at radius 2 is 1.62 bits per heavy atom. The van der Waals surface area contributed by atoms with Crippen LogP contribution >= 0.6 is 0 Å². The Hall–Kier alpha value is -0.0800. The summed E-state index contributed by atoms with van der Waals surface area (Å²) in [5.74, 6) is 0. The van der Waals surface area contributed by atoms with Crippen LogP contribution in [0.4, 0.5) is 0 Å². The first-order valence-corrected chi connectivity index (χ1v) is 5.47. The third-order valence-corrected chi connectivity index (χ3v) is 2.08. The summed E-state index contributed by atoms with van der Waals surface area (Å²) in [6, 6.07) is 0. The van der Waals surface area contributed by atoms with E-state index in [9.17, 15) is 0 Å². The Morgan fingerprint density at radius 1 is 1.08 bits per heavy atom. The summed E-state index contributed by atoms with van der Waals surface area (Å²) < 4.78 is 5.14. The minimum absolute atomic E-state index is 0.347. The molecule has 0 aromatic rings. The van der Waals surface area contributed by atoms with Crippen molar-refractivity contribution in [2.24, 2.45) is 5.73 Å². The Kier molecular flexibility index (Phi) is 9.94. The lowest BCUT2D eigenvalue weighted by atomic mass is 10.1. The van der Waals surface area contributed by atoms with E-state index in [1.165, 1.54) is 38.5 Å².